The summed E-state index contributed by atoms with van der Waals surface area (Å²) in [6, 6.07) is 4.05. The number of nitrogens with one attached hydrogen (secondary N) is 2. The highest BCUT2D eigenvalue weighted by Crippen LogP contribution is 2.18. The molecule has 0 spiro atoms. The minimum Gasteiger partial charge on any atom is -0.399 e. The number of aromatic amines is 1. The predicted octanol–water partition coefficient (Wildman–Crippen LogP) is 0.130. The van der Waals surface area contributed by atoms with E-state index in [-0.39, 0.29) is 10.7 Å². The molecule has 0 fully saturated rings. The summed E-state index contributed by atoms with van der Waals surface area (Å²) in [5.74, 6) is 0.268. The van der Waals surface area contributed by atoms with Crippen molar-refractivity contribution in [2.45, 2.75) is 24.8 Å². The number of nitrogens with zero attached hydrogens (tertiary/aromatic N) is 3. The number of H-pyrrole nitrogens is 1. The van der Waals surface area contributed by atoms with Crippen LogP contribution in [0.5, 0.6) is 0 Å². The lowest BCUT2D eigenvalue weighted by molar-refractivity contribution is 0.560. The van der Waals surface area contributed by atoms with Crippen LogP contribution in [-0.4, -0.2) is 29.0 Å². The fourth-order valence-electron chi connectivity index (χ4n) is 1.64. The van der Waals surface area contributed by atoms with E-state index in [1.807, 2.05) is 0 Å². The van der Waals surface area contributed by atoms with Crippen molar-refractivity contribution in [1.82, 2.24) is 25.3 Å². The lowest BCUT2D eigenvalue weighted by atomic mass is 10.2. The Balaban J connectivity index is 2.27. The maximum Gasteiger partial charge on any atom is 0.241 e. The number of aryl methyl sites for hydroxylation is 1. The Hall–Kier alpha value is -2.00. The topological polar surface area (TPSA) is 127 Å². The molecule has 1 heterocycles. The molecule has 0 saturated heterocycles. The first kappa shape index (κ1) is 13.4. The van der Waals surface area contributed by atoms with Crippen LogP contribution in [0.25, 0.3) is 0 Å². The zero-order valence-electron chi connectivity index (χ0n) is 10.5. The first-order valence-electron chi connectivity index (χ1n) is 5.51. The molecule has 9 heteroatoms. The molecule has 0 amide bonds. The summed E-state index contributed by atoms with van der Waals surface area (Å²) in [7, 11) is -3.68. The van der Waals surface area contributed by atoms with Crippen molar-refractivity contribution in [2.24, 2.45) is 0 Å². The number of aromatic nitrogens is 4. The fraction of sp³-hybridized carbons (Fsp3) is 0.300. The first-order valence-corrected chi connectivity index (χ1v) is 6.99. The molecule has 0 radical (unpaired) electrons. The van der Waals surface area contributed by atoms with Gasteiger partial charge in [-0.2, -0.15) is 5.21 Å². The number of sulfonamides is 1. The number of nitrogen functional groups attached to an aromatic ring is 1. The first-order chi connectivity index (χ1) is 8.88. The third-order valence-corrected chi connectivity index (χ3v) is 3.98. The summed E-state index contributed by atoms with van der Waals surface area (Å²) >= 11 is 0. The molecular weight excluding hydrogens is 268 g/mol. The summed E-state index contributed by atoms with van der Waals surface area (Å²) in [5.41, 5.74) is 6.82. The fourth-order valence-corrected chi connectivity index (χ4v) is 2.98. The Morgan fingerprint density at radius 3 is 2.68 bits per heavy atom. The summed E-state index contributed by atoms with van der Waals surface area (Å²) in [4.78, 5) is 0.111. The molecule has 8 nitrogen and oxygen atoms in total. The monoisotopic (exact) mass is 282 g/mol. The molecule has 102 valence electrons. The molecule has 1 unspecified atom stereocenters. The van der Waals surface area contributed by atoms with E-state index in [2.05, 4.69) is 25.3 Å². The molecule has 4 N–H and O–H groups in total. The second-order valence-electron chi connectivity index (χ2n) is 4.19. The smallest absolute Gasteiger partial charge is 0.241 e. The van der Waals surface area contributed by atoms with E-state index in [0.717, 1.165) is 5.56 Å². The molecule has 2 rings (SSSR count). The third kappa shape index (κ3) is 3.06. The maximum atomic E-state index is 12.2. The molecule has 0 aliphatic rings. The van der Waals surface area contributed by atoms with Gasteiger partial charge in [-0.1, -0.05) is 5.21 Å². The molecule has 1 atom stereocenters. The molecule has 1 aromatic carbocycles. The highest BCUT2D eigenvalue weighted by Gasteiger charge is 2.21. The van der Waals surface area contributed by atoms with Crippen LogP contribution in [0.15, 0.2) is 23.1 Å². The molecule has 0 saturated carbocycles. The second-order valence-corrected chi connectivity index (χ2v) is 5.91. The van der Waals surface area contributed by atoms with Crippen molar-refractivity contribution in [1.29, 1.82) is 0 Å². The summed E-state index contributed by atoms with van der Waals surface area (Å²) in [5, 5.41) is 13.1. The van der Waals surface area contributed by atoms with Crippen LogP contribution >= 0.6 is 0 Å². The maximum absolute atomic E-state index is 12.2. The van der Waals surface area contributed by atoms with Crippen LogP contribution < -0.4 is 10.5 Å². The summed E-state index contributed by atoms with van der Waals surface area (Å²) in [6.45, 7) is 3.40. The van der Waals surface area contributed by atoms with Gasteiger partial charge in [0.2, 0.25) is 10.0 Å². The summed E-state index contributed by atoms with van der Waals surface area (Å²) in [6.07, 6.45) is 0. The number of rotatable bonds is 4. The van der Waals surface area contributed by atoms with E-state index >= 15 is 0 Å². The van der Waals surface area contributed by atoms with Crippen molar-refractivity contribution >= 4 is 15.7 Å². The minimum absolute atomic E-state index is 0.111. The normalized spacial score (nSPS) is 13.4. The van der Waals surface area contributed by atoms with Crippen molar-refractivity contribution in [3.63, 3.8) is 0 Å². The largest absolute Gasteiger partial charge is 0.399 e. The van der Waals surface area contributed by atoms with Gasteiger partial charge in [-0.15, -0.1) is 10.2 Å². The average Bonchev–Trinajstić information content (AvgIpc) is 2.80. The molecule has 2 aromatic rings. The van der Waals surface area contributed by atoms with Crippen LogP contribution in [0, 0.1) is 6.92 Å². The van der Waals surface area contributed by atoms with Gasteiger partial charge in [0.25, 0.3) is 0 Å². The SMILES string of the molecule is Cc1cc(N)cc(S(=O)(=O)NC(C)c2nn[nH]n2)c1. The van der Waals surface area contributed by atoms with Gasteiger partial charge in [0.15, 0.2) is 5.82 Å². The minimum atomic E-state index is -3.68. The van der Waals surface area contributed by atoms with Crippen LogP contribution in [0.1, 0.15) is 24.4 Å². The van der Waals surface area contributed by atoms with E-state index in [0.29, 0.717) is 5.69 Å². The number of nitrogens with two attached hydrogens (primary N) is 1. The molecule has 1 aromatic heterocycles. The van der Waals surface area contributed by atoms with E-state index < -0.39 is 16.1 Å². The number of hydrogen-bond donors (Lipinski definition) is 3. The Morgan fingerprint density at radius 2 is 2.11 bits per heavy atom. The lowest BCUT2D eigenvalue weighted by Crippen LogP contribution is -2.27. The molecule has 0 aliphatic carbocycles. The highest BCUT2D eigenvalue weighted by atomic mass is 32.2. The second kappa shape index (κ2) is 4.94. The van der Waals surface area contributed by atoms with E-state index in [9.17, 15) is 8.42 Å². The Morgan fingerprint density at radius 1 is 1.37 bits per heavy atom. The zero-order chi connectivity index (χ0) is 14.0. The van der Waals surface area contributed by atoms with E-state index in [1.165, 1.54) is 6.07 Å². The molecule has 19 heavy (non-hydrogen) atoms. The molecule has 0 bridgehead atoms. The van der Waals surface area contributed by atoms with Gasteiger partial charge in [-0.25, -0.2) is 13.1 Å². The van der Waals surface area contributed by atoms with E-state index in [1.54, 1.807) is 26.0 Å². The van der Waals surface area contributed by atoms with Gasteiger partial charge in [-0.3, -0.25) is 0 Å². The van der Waals surface area contributed by atoms with Crippen molar-refractivity contribution < 1.29 is 8.42 Å². The Labute approximate surface area is 110 Å². The van der Waals surface area contributed by atoms with E-state index in [4.69, 9.17) is 5.73 Å². The number of tetrazole rings is 1. The number of hydrogen-bond acceptors (Lipinski definition) is 6. The van der Waals surface area contributed by atoms with Crippen LogP contribution in [0.4, 0.5) is 5.69 Å². The average molecular weight is 282 g/mol. The zero-order valence-corrected chi connectivity index (χ0v) is 11.3. The van der Waals surface area contributed by atoms with Gasteiger partial charge in [0, 0.05) is 5.69 Å². The van der Waals surface area contributed by atoms with Crippen LogP contribution in [-0.2, 0) is 10.0 Å². The van der Waals surface area contributed by atoms with Crippen molar-refractivity contribution in [2.75, 3.05) is 5.73 Å². The predicted molar refractivity (Wildman–Crippen MR) is 68.5 cm³/mol. The Bertz CT molecular complexity index is 647. The molecular formula is C10H14N6O2S. The van der Waals surface area contributed by atoms with Gasteiger partial charge in [-0.05, 0) is 37.6 Å². The third-order valence-electron chi connectivity index (χ3n) is 2.46. The van der Waals surface area contributed by atoms with Crippen molar-refractivity contribution in [3.8, 4) is 0 Å². The van der Waals surface area contributed by atoms with Gasteiger partial charge >= 0.3 is 0 Å². The van der Waals surface area contributed by atoms with Gasteiger partial charge in [0.05, 0.1) is 10.9 Å². The number of benzene rings is 1. The van der Waals surface area contributed by atoms with Crippen LogP contribution in [0.2, 0.25) is 0 Å². The Kier molecular flexibility index (Phi) is 3.49. The van der Waals surface area contributed by atoms with Gasteiger partial charge < -0.3 is 5.73 Å². The summed E-state index contributed by atoms with van der Waals surface area (Å²) < 4.78 is 26.8. The van der Waals surface area contributed by atoms with Gasteiger partial charge in [0.1, 0.15) is 0 Å². The quantitative estimate of drug-likeness (QED) is 0.684. The number of anilines is 1. The highest BCUT2D eigenvalue weighted by molar-refractivity contribution is 7.89. The lowest BCUT2D eigenvalue weighted by Gasteiger charge is -2.11. The standard InChI is InChI=1S/C10H14N6O2S/c1-6-3-8(11)5-9(4-6)19(17,18)14-7(2)10-12-15-16-13-10/h3-5,7,14H,11H2,1-2H3,(H,12,13,15,16). The van der Waals surface area contributed by atoms with Crippen LogP contribution in [0.3, 0.4) is 0 Å². The van der Waals surface area contributed by atoms with Crippen molar-refractivity contribution in [3.05, 3.63) is 29.6 Å². The molecule has 0 aliphatic heterocycles.